The Labute approximate surface area is 139 Å². The van der Waals surface area contributed by atoms with Crippen molar-refractivity contribution in [3.05, 3.63) is 30.3 Å². The van der Waals surface area contributed by atoms with Crippen LogP contribution in [-0.2, 0) is 10.0 Å². The number of sulfonamides is 1. The molecule has 1 heterocycles. The first kappa shape index (κ1) is 18.4. The molecule has 0 aliphatic carbocycles. The van der Waals surface area contributed by atoms with E-state index in [-0.39, 0.29) is 6.10 Å². The Morgan fingerprint density at radius 2 is 2.00 bits per heavy atom. The molecular formula is C16H27N3O3S. The van der Waals surface area contributed by atoms with Crippen molar-refractivity contribution >= 4 is 10.0 Å². The summed E-state index contributed by atoms with van der Waals surface area (Å²) in [5.74, 6) is 0. The first-order valence-electron chi connectivity index (χ1n) is 8.07. The minimum Gasteiger partial charge on any atom is -0.392 e. The highest BCUT2D eigenvalue weighted by atomic mass is 32.2. The Balaban J connectivity index is 1.79. The van der Waals surface area contributed by atoms with Crippen LogP contribution in [0.25, 0.3) is 0 Å². The van der Waals surface area contributed by atoms with Gasteiger partial charge in [0.15, 0.2) is 0 Å². The van der Waals surface area contributed by atoms with Crippen LogP contribution in [-0.4, -0.2) is 74.7 Å². The zero-order chi connectivity index (χ0) is 16.9. The molecule has 1 fully saturated rings. The molecule has 0 radical (unpaired) electrons. The first-order valence-corrected chi connectivity index (χ1v) is 9.56. The summed E-state index contributed by atoms with van der Waals surface area (Å²) >= 11 is 0. The van der Waals surface area contributed by atoms with E-state index in [1.165, 1.54) is 0 Å². The van der Waals surface area contributed by atoms with E-state index < -0.39 is 10.0 Å². The summed E-state index contributed by atoms with van der Waals surface area (Å²) in [6.45, 7) is 8.42. The Morgan fingerprint density at radius 1 is 1.30 bits per heavy atom. The van der Waals surface area contributed by atoms with Gasteiger partial charge in [-0.25, -0.2) is 13.1 Å². The molecule has 2 rings (SSSR count). The molecule has 6 nitrogen and oxygen atoms in total. The Kier molecular flexibility index (Phi) is 6.55. The number of hydrogen-bond donors (Lipinski definition) is 2. The number of nitrogens with one attached hydrogen (secondary N) is 1. The van der Waals surface area contributed by atoms with Crippen LogP contribution in [0, 0.1) is 0 Å². The monoisotopic (exact) mass is 341 g/mol. The van der Waals surface area contributed by atoms with Crippen LogP contribution in [0.1, 0.15) is 13.8 Å². The Bertz CT molecular complexity index is 577. The lowest BCUT2D eigenvalue weighted by molar-refractivity contribution is 0.0522. The molecule has 2 N–H and O–H groups in total. The molecule has 0 bridgehead atoms. The van der Waals surface area contributed by atoms with Gasteiger partial charge >= 0.3 is 0 Å². The maximum Gasteiger partial charge on any atom is 0.240 e. The van der Waals surface area contributed by atoms with Gasteiger partial charge in [-0.2, -0.15) is 0 Å². The van der Waals surface area contributed by atoms with E-state index in [1.807, 2.05) is 0 Å². The van der Waals surface area contributed by atoms with Crippen LogP contribution in [0.4, 0.5) is 0 Å². The fraction of sp³-hybridized carbons (Fsp3) is 0.625. The lowest BCUT2D eigenvalue weighted by Crippen LogP contribution is -2.54. The fourth-order valence-electron chi connectivity index (χ4n) is 2.95. The van der Waals surface area contributed by atoms with Crippen LogP contribution in [0.15, 0.2) is 35.2 Å². The topological polar surface area (TPSA) is 72.9 Å². The number of rotatable bonds is 7. The summed E-state index contributed by atoms with van der Waals surface area (Å²) < 4.78 is 27.0. The highest BCUT2D eigenvalue weighted by molar-refractivity contribution is 7.89. The molecule has 1 aliphatic heterocycles. The second-order valence-corrected chi connectivity index (χ2v) is 7.97. The van der Waals surface area contributed by atoms with Crippen molar-refractivity contribution in [3.63, 3.8) is 0 Å². The third-order valence-electron chi connectivity index (χ3n) is 4.12. The molecule has 0 aromatic heterocycles. The molecule has 23 heavy (non-hydrogen) atoms. The van der Waals surface area contributed by atoms with Crippen molar-refractivity contribution in [2.45, 2.75) is 30.9 Å². The minimum atomic E-state index is -3.43. The summed E-state index contributed by atoms with van der Waals surface area (Å²) in [4.78, 5) is 4.83. The minimum absolute atomic E-state index is 0.301. The van der Waals surface area contributed by atoms with Gasteiger partial charge in [0.25, 0.3) is 0 Å². The number of nitrogens with zero attached hydrogens (tertiary/aromatic N) is 2. The van der Waals surface area contributed by atoms with Crippen molar-refractivity contribution in [3.8, 4) is 0 Å². The fourth-order valence-corrected chi connectivity index (χ4v) is 3.99. The van der Waals surface area contributed by atoms with Gasteiger partial charge in [-0.3, -0.25) is 9.80 Å². The van der Waals surface area contributed by atoms with Crippen LogP contribution in [0.5, 0.6) is 0 Å². The van der Waals surface area contributed by atoms with Gasteiger partial charge in [-0.1, -0.05) is 18.2 Å². The number of β-amino-alcohol motifs (C(OH)–C–C–N with tert-alkyl or cyclic N) is 1. The SMILES string of the molecule is C[C@@H]1CN(C[C@@H](C)O)CCN1CCNS(=O)(=O)c1ccccc1. The Hall–Kier alpha value is -0.990. The van der Waals surface area contributed by atoms with Gasteiger partial charge in [-0.15, -0.1) is 0 Å². The van der Waals surface area contributed by atoms with Gasteiger partial charge in [0.1, 0.15) is 0 Å². The van der Waals surface area contributed by atoms with Crippen molar-refractivity contribution < 1.29 is 13.5 Å². The molecule has 130 valence electrons. The molecule has 1 aromatic rings. The first-order chi connectivity index (χ1) is 10.9. The van der Waals surface area contributed by atoms with Crippen molar-refractivity contribution in [2.75, 3.05) is 39.3 Å². The predicted octanol–water partition coefficient (Wildman–Crippen LogP) is 0.352. The summed E-state index contributed by atoms with van der Waals surface area (Å²) in [6, 6.07) is 8.78. The number of benzene rings is 1. The van der Waals surface area contributed by atoms with Crippen LogP contribution < -0.4 is 4.72 Å². The summed E-state index contributed by atoms with van der Waals surface area (Å²) in [5.41, 5.74) is 0. The van der Waals surface area contributed by atoms with E-state index in [0.29, 0.717) is 30.6 Å². The van der Waals surface area contributed by atoms with Crippen molar-refractivity contribution in [1.29, 1.82) is 0 Å². The van der Waals surface area contributed by atoms with Gasteiger partial charge in [-0.05, 0) is 26.0 Å². The predicted molar refractivity (Wildman–Crippen MR) is 90.8 cm³/mol. The van der Waals surface area contributed by atoms with Crippen molar-refractivity contribution in [1.82, 2.24) is 14.5 Å². The summed E-state index contributed by atoms with van der Waals surface area (Å²) in [6.07, 6.45) is -0.313. The average Bonchev–Trinajstić information content (AvgIpc) is 2.50. The van der Waals surface area contributed by atoms with Crippen LogP contribution >= 0.6 is 0 Å². The third-order valence-corrected chi connectivity index (χ3v) is 5.59. The number of aliphatic hydroxyl groups excluding tert-OH is 1. The molecule has 1 aliphatic rings. The number of hydrogen-bond acceptors (Lipinski definition) is 5. The molecule has 0 spiro atoms. The smallest absolute Gasteiger partial charge is 0.240 e. The van der Waals surface area contributed by atoms with Gasteiger partial charge in [0, 0.05) is 45.3 Å². The third kappa shape index (κ3) is 5.54. The normalized spacial score (nSPS) is 22.1. The molecule has 1 saturated heterocycles. The lowest BCUT2D eigenvalue weighted by Gasteiger charge is -2.40. The van der Waals surface area contributed by atoms with E-state index in [9.17, 15) is 13.5 Å². The molecule has 0 amide bonds. The average molecular weight is 341 g/mol. The van der Waals surface area contributed by atoms with Gasteiger partial charge < -0.3 is 5.11 Å². The lowest BCUT2D eigenvalue weighted by atomic mass is 10.2. The molecule has 7 heteroatoms. The van der Waals surface area contributed by atoms with E-state index in [0.717, 1.165) is 19.6 Å². The number of piperazine rings is 1. The number of aliphatic hydroxyl groups is 1. The molecular weight excluding hydrogens is 314 g/mol. The van der Waals surface area contributed by atoms with Crippen molar-refractivity contribution in [2.24, 2.45) is 0 Å². The largest absolute Gasteiger partial charge is 0.392 e. The molecule has 0 unspecified atom stereocenters. The van der Waals surface area contributed by atoms with Crippen LogP contribution in [0.2, 0.25) is 0 Å². The molecule has 1 aromatic carbocycles. The highest BCUT2D eigenvalue weighted by Crippen LogP contribution is 2.10. The molecule has 2 atom stereocenters. The van der Waals surface area contributed by atoms with E-state index in [1.54, 1.807) is 37.3 Å². The Morgan fingerprint density at radius 3 is 2.61 bits per heavy atom. The maximum absolute atomic E-state index is 12.2. The summed E-state index contributed by atoms with van der Waals surface area (Å²) in [5, 5.41) is 9.46. The van der Waals surface area contributed by atoms with E-state index in [4.69, 9.17) is 0 Å². The highest BCUT2D eigenvalue weighted by Gasteiger charge is 2.24. The standard InChI is InChI=1S/C16H27N3O3S/c1-14-12-18(13-15(2)20)10-11-19(14)9-8-17-23(21,22)16-6-4-3-5-7-16/h3-7,14-15,17,20H,8-13H2,1-2H3/t14-,15-/m1/s1. The van der Waals surface area contributed by atoms with Crippen LogP contribution in [0.3, 0.4) is 0 Å². The quantitative estimate of drug-likeness (QED) is 0.749. The van der Waals surface area contributed by atoms with Gasteiger partial charge in [0.2, 0.25) is 10.0 Å². The van der Waals surface area contributed by atoms with E-state index in [2.05, 4.69) is 21.4 Å². The zero-order valence-electron chi connectivity index (χ0n) is 13.9. The second-order valence-electron chi connectivity index (χ2n) is 6.20. The van der Waals surface area contributed by atoms with E-state index >= 15 is 0 Å². The maximum atomic E-state index is 12.2. The zero-order valence-corrected chi connectivity index (χ0v) is 14.7. The van der Waals surface area contributed by atoms with Gasteiger partial charge in [0.05, 0.1) is 11.0 Å². The molecule has 0 saturated carbocycles. The summed E-state index contributed by atoms with van der Waals surface area (Å²) in [7, 11) is -3.43. The second kappa shape index (κ2) is 8.21.